The molecule has 25 heavy (non-hydrogen) atoms. The van der Waals surface area contributed by atoms with E-state index in [1.54, 1.807) is 4.90 Å². The minimum absolute atomic E-state index is 0.00428. The fourth-order valence-corrected chi connectivity index (χ4v) is 3.92. The number of rotatable bonds is 4. The van der Waals surface area contributed by atoms with Gasteiger partial charge in [-0.1, -0.05) is 32.3 Å². The third-order valence-corrected chi connectivity index (χ3v) is 5.50. The van der Waals surface area contributed by atoms with Crippen molar-refractivity contribution in [3.05, 3.63) is 24.4 Å². The maximum absolute atomic E-state index is 12.5. The average molecular weight is 344 g/mol. The molecule has 2 aliphatic rings. The highest BCUT2D eigenvalue weighted by atomic mass is 16.2. The first kappa shape index (κ1) is 17.7. The van der Waals surface area contributed by atoms with Gasteiger partial charge in [0.2, 0.25) is 11.8 Å². The summed E-state index contributed by atoms with van der Waals surface area (Å²) < 4.78 is 0. The van der Waals surface area contributed by atoms with Crippen molar-refractivity contribution in [3.63, 3.8) is 0 Å². The third-order valence-electron chi connectivity index (χ3n) is 5.50. The highest BCUT2D eigenvalue weighted by molar-refractivity contribution is 5.92. The van der Waals surface area contributed by atoms with Crippen molar-refractivity contribution in [2.24, 2.45) is 5.92 Å². The molecule has 0 aromatic carbocycles. The number of carbonyl (C=O) groups is 2. The Balaban J connectivity index is 1.52. The van der Waals surface area contributed by atoms with Crippen LogP contribution in [0.5, 0.6) is 0 Å². The van der Waals surface area contributed by atoms with Crippen LogP contribution in [0.1, 0.15) is 63.0 Å². The predicted molar refractivity (Wildman–Crippen MR) is 97.2 cm³/mol. The van der Waals surface area contributed by atoms with Crippen LogP contribution >= 0.6 is 0 Å². The summed E-state index contributed by atoms with van der Waals surface area (Å²) in [6.45, 7) is 4.73. The Hall–Kier alpha value is -2.11. The predicted octanol–water partition coefficient (Wildman–Crippen LogP) is 3.21. The molecule has 0 radical (unpaired) electrons. The first-order valence-electron chi connectivity index (χ1n) is 9.45. The molecule has 136 valence electrons. The Morgan fingerprint density at radius 1 is 1.16 bits per heavy atom. The molecule has 1 saturated heterocycles. The van der Waals surface area contributed by atoms with E-state index in [1.807, 2.05) is 6.07 Å². The van der Waals surface area contributed by atoms with E-state index in [4.69, 9.17) is 0 Å². The van der Waals surface area contributed by atoms with Crippen molar-refractivity contribution in [3.8, 4) is 0 Å². The van der Waals surface area contributed by atoms with Crippen LogP contribution in [0, 0.1) is 5.92 Å². The topological polar surface area (TPSA) is 78.1 Å². The highest BCUT2D eigenvalue weighted by Crippen LogP contribution is 2.31. The SMILES string of the molecule is C=CC(=O)N1CCC(C(=O)Nc2cc(C3CCCCCC3)[nH]n2)CC1. The molecule has 6 heteroatoms. The lowest BCUT2D eigenvalue weighted by Crippen LogP contribution is -2.40. The van der Waals surface area contributed by atoms with Gasteiger partial charge in [0.05, 0.1) is 0 Å². The van der Waals surface area contributed by atoms with E-state index in [2.05, 4.69) is 22.1 Å². The Morgan fingerprint density at radius 2 is 1.84 bits per heavy atom. The molecule has 2 N–H and O–H groups in total. The van der Waals surface area contributed by atoms with Crippen molar-refractivity contribution >= 4 is 17.6 Å². The zero-order chi connectivity index (χ0) is 17.6. The van der Waals surface area contributed by atoms with Gasteiger partial charge in [0.1, 0.15) is 0 Å². The fraction of sp³-hybridized carbons (Fsp3) is 0.632. The van der Waals surface area contributed by atoms with Crippen LogP contribution in [-0.2, 0) is 9.59 Å². The van der Waals surface area contributed by atoms with Gasteiger partial charge >= 0.3 is 0 Å². The number of anilines is 1. The standard InChI is InChI=1S/C19H28N4O2/c1-2-18(24)23-11-9-15(10-12-23)19(25)20-17-13-16(21-22-17)14-7-5-3-4-6-8-14/h2,13-15H,1,3-12H2,(H2,20,21,22,25). The molecule has 2 heterocycles. The molecule has 1 aliphatic heterocycles. The van der Waals surface area contributed by atoms with Crippen LogP contribution in [0.25, 0.3) is 0 Å². The van der Waals surface area contributed by atoms with Gasteiger partial charge in [-0.3, -0.25) is 14.7 Å². The molecule has 1 aromatic heterocycles. The van der Waals surface area contributed by atoms with Gasteiger partial charge in [-0.05, 0) is 31.8 Å². The lowest BCUT2D eigenvalue weighted by atomic mass is 9.95. The molecule has 2 fully saturated rings. The van der Waals surface area contributed by atoms with Crippen LogP contribution in [0.15, 0.2) is 18.7 Å². The maximum Gasteiger partial charge on any atom is 0.245 e. The molecule has 0 bridgehead atoms. The summed E-state index contributed by atoms with van der Waals surface area (Å²) in [5.74, 6) is 1.04. The largest absolute Gasteiger partial charge is 0.339 e. The van der Waals surface area contributed by atoms with Crippen LogP contribution in [0.2, 0.25) is 0 Å². The number of nitrogens with zero attached hydrogens (tertiary/aromatic N) is 2. The number of hydrogen-bond acceptors (Lipinski definition) is 3. The molecule has 0 spiro atoms. The fourth-order valence-electron chi connectivity index (χ4n) is 3.92. The lowest BCUT2D eigenvalue weighted by Gasteiger charge is -2.30. The second-order valence-electron chi connectivity index (χ2n) is 7.19. The lowest BCUT2D eigenvalue weighted by molar-refractivity contribution is -0.130. The summed E-state index contributed by atoms with van der Waals surface area (Å²) in [4.78, 5) is 25.8. The molecule has 1 aromatic rings. The zero-order valence-corrected chi connectivity index (χ0v) is 14.8. The molecule has 2 amide bonds. The third kappa shape index (κ3) is 4.50. The number of carbonyl (C=O) groups excluding carboxylic acids is 2. The van der Waals surface area contributed by atoms with E-state index in [9.17, 15) is 9.59 Å². The summed E-state index contributed by atoms with van der Waals surface area (Å²) in [6, 6.07) is 1.99. The van der Waals surface area contributed by atoms with Gasteiger partial charge in [0, 0.05) is 36.7 Å². The molecule has 3 rings (SSSR count). The van der Waals surface area contributed by atoms with Crippen molar-refractivity contribution in [2.75, 3.05) is 18.4 Å². The molecule has 0 atom stereocenters. The monoisotopic (exact) mass is 344 g/mol. The number of likely N-dealkylation sites (tertiary alicyclic amines) is 1. The van der Waals surface area contributed by atoms with E-state index in [-0.39, 0.29) is 17.7 Å². The summed E-state index contributed by atoms with van der Waals surface area (Å²) in [7, 11) is 0. The van der Waals surface area contributed by atoms with E-state index in [0.717, 1.165) is 5.69 Å². The summed E-state index contributed by atoms with van der Waals surface area (Å²) in [5, 5.41) is 10.3. The number of hydrogen-bond donors (Lipinski definition) is 2. The minimum Gasteiger partial charge on any atom is -0.339 e. The van der Waals surface area contributed by atoms with Crippen LogP contribution in [-0.4, -0.2) is 40.0 Å². The molecular formula is C19H28N4O2. The minimum atomic E-state index is -0.0631. The quantitative estimate of drug-likeness (QED) is 0.650. The Morgan fingerprint density at radius 3 is 2.48 bits per heavy atom. The molecule has 0 unspecified atom stereocenters. The van der Waals surface area contributed by atoms with Gasteiger partial charge < -0.3 is 10.2 Å². The number of aromatic nitrogens is 2. The van der Waals surface area contributed by atoms with Crippen molar-refractivity contribution in [1.82, 2.24) is 15.1 Å². The average Bonchev–Trinajstić information content (AvgIpc) is 2.93. The second-order valence-corrected chi connectivity index (χ2v) is 7.19. The summed E-state index contributed by atoms with van der Waals surface area (Å²) >= 11 is 0. The van der Waals surface area contributed by atoms with Gasteiger partial charge in [-0.15, -0.1) is 0 Å². The van der Waals surface area contributed by atoms with Gasteiger partial charge in [0.15, 0.2) is 5.82 Å². The van der Waals surface area contributed by atoms with Crippen molar-refractivity contribution in [1.29, 1.82) is 0 Å². The molecule has 1 saturated carbocycles. The first-order chi connectivity index (χ1) is 12.2. The summed E-state index contributed by atoms with van der Waals surface area (Å²) in [6.07, 6.45) is 10.3. The second kappa shape index (κ2) is 8.32. The Labute approximate surface area is 149 Å². The zero-order valence-electron chi connectivity index (χ0n) is 14.8. The molecule has 1 aliphatic carbocycles. The van der Waals surface area contributed by atoms with E-state index in [0.29, 0.717) is 37.7 Å². The Kier molecular flexibility index (Phi) is 5.89. The molecular weight excluding hydrogens is 316 g/mol. The normalized spacial score (nSPS) is 20.1. The van der Waals surface area contributed by atoms with Crippen LogP contribution in [0.4, 0.5) is 5.82 Å². The van der Waals surface area contributed by atoms with E-state index in [1.165, 1.54) is 44.6 Å². The van der Waals surface area contributed by atoms with Gasteiger partial charge in [-0.25, -0.2) is 0 Å². The van der Waals surface area contributed by atoms with Crippen LogP contribution < -0.4 is 5.32 Å². The molecule has 6 nitrogen and oxygen atoms in total. The van der Waals surface area contributed by atoms with Gasteiger partial charge in [0.25, 0.3) is 0 Å². The highest BCUT2D eigenvalue weighted by Gasteiger charge is 2.27. The number of nitrogens with one attached hydrogen (secondary N) is 2. The number of amides is 2. The summed E-state index contributed by atoms with van der Waals surface area (Å²) in [5.41, 5.74) is 1.14. The number of H-pyrrole nitrogens is 1. The van der Waals surface area contributed by atoms with Crippen molar-refractivity contribution in [2.45, 2.75) is 57.3 Å². The smallest absolute Gasteiger partial charge is 0.245 e. The van der Waals surface area contributed by atoms with Crippen LogP contribution in [0.3, 0.4) is 0 Å². The van der Waals surface area contributed by atoms with Crippen molar-refractivity contribution < 1.29 is 9.59 Å². The number of piperidine rings is 1. The Bertz CT molecular complexity index is 609. The first-order valence-corrected chi connectivity index (χ1v) is 9.45. The van der Waals surface area contributed by atoms with E-state index < -0.39 is 0 Å². The maximum atomic E-state index is 12.5. The number of aromatic amines is 1. The van der Waals surface area contributed by atoms with Gasteiger partial charge in [-0.2, -0.15) is 5.10 Å². The van der Waals surface area contributed by atoms with E-state index >= 15 is 0 Å².